The molecule has 0 radical (unpaired) electrons. The van der Waals surface area contributed by atoms with E-state index in [9.17, 15) is 4.79 Å². The van der Waals surface area contributed by atoms with E-state index >= 15 is 0 Å². The highest BCUT2D eigenvalue weighted by atomic mass is 32.2. The number of aromatic amines is 1. The van der Waals surface area contributed by atoms with Crippen molar-refractivity contribution in [2.45, 2.75) is 12.1 Å². The Kier molecular flexibility index (Phi) is 5.35. The fourth-order valence-electron chi connectivity index (χ4n) is 2.30. The number of benzene rings is 2. The number of methoxy groups -OCH3 is 1. The second-order valence-electron chi connectivity index (χ2n) is 5.37. The number of carbonyl (C=O) groups is 1. The summed E-state index contributed by atoms with van der Waals surface area (Å²) < 4.78 is 5.22. The van der Waals surface area contributed by atoms with Crippen LogP contribution in [-0.2, 0) is 4.79 Å². The minimum atomic E-state index is -0.142. The predicted molar refractivity (Wildman–Crippen MR) is 98.9 cm³/mol. The standard InChI is InChI=1S/C18H18N4O2S/c1-12-6-5-7-13(10-12)17-20-18(22-21-17)25-11-16(23)19-14-8-3-4-9-15(14)24-2/h3-10H,11H2,1-2H3,(H,19,23)(H,20,21,22). The molecule has 3 rings (SSSR count). The Bertz CT molecular complexity index is 879. The summed E-state index contributed by atoms with van der Waals surface area (Å²) in [5, 5.41) is 10.4. The number of aryl methyl sites for hydroxylation is 1. The minimum absolute atomic E-state index is 0.142. The van der Waals surface area contributed by atoms with Crippen LogP contribution in [0.4, 0.5) is 5.69 Å². The van der Waals surface area contributed by atoms with E-state index in [1.807, 2.05) is 43.3 Å². The molecule has 1 aromatic heterocycles. The van der Waals surface area contributed by atoms with Gasteiger partial charge in [0.2, 0.25) is 11.1 Å². The molecule has 0 spiro atoms. The zero-order chi connectivity index (χ0) is 17.6. The second-order valence-corrected chi connectivity index (χ2v) is 6.32. The normalized spacial score (nSPS) is 10.5. The molecular weight excluding hydrogens is 336 g/mol. The van der Waals surface area contributed by atoms with E-state index in [1.54, 1.807) is 19.2 Å². The van der Waals surface area contributed by atoms with Crippen LogP contribution in [0.3, 0.4) is 0 Å². The number of nitrogens with zero attached hydrogens (tertiary/aromatic N) is 2. The molecule has 0 saturated heterocycles. The van der Waals surface area contributed by atoms with Gasteiger partial charge in [-0.05, 0) is 25.1 Å². The number of aromatic nitrogens is 3. The molecule has 2 N–H and O–H groups in total. The van der Waals surface area contributed by atoms with Crippen LogP contribution >= 0.6 is 11.8 Å². The highest BCUT2D eigenvalue weighted by molar-refractivity contribution is 7.99. The van der Waals surface area contributed by atoms with Gasteiger partial charge in [0, 0.05) is 5.56 Å². The van der Waals surface area contributed by atoms with Gasteiger partial charge in [0.1, 0.15) is 5.75 Å². The predicted octanol–water partition coefficient (Wildman–Crippen LogP) is 3.52. The largest absolute Gasteiger partial charge is 0.495 e. The monoisotopic (exact) mass is 354 g/mol. The number of hydrogen-bond acceptors (Lipinski definition) is 5. The fraction of sp³-hybridized carbons (Fsp3) is 0.167. The Balaban J connectivity index is 1.59. The van der Waals surface area contributed by atoms with Gasteiger partial charge in [-0.25, -0.2) is 4.98 Å². The van der Waals surface area contributed by atoms with E-state index in [1.165, 1.54) is 11.8 Å². The lowest BCUT2D eigenvalue weighted by Crippen LogP contribution is -2.14. The molecule has 1 heterocycles. The summed E-state index contributed by atoms with van der Waals surface area (Å²) in [6, 6.07) is 15.3. The van der Waals surface area contributed by atoms with Crippen molar-refractivity contribution in [1.29, 1.82) is 0 Å². The molecule has 25 heavy (non-hydrogen) atoms. The van der Waals surface area contributed by atoms with Crippen LogP contribution in [0.5, 0.6) is 5.75 Å². The lowest BCUT2D eigenvalue weighted by molar-refractivity contribution is -0.113. The number of hydrogen-bond donors (Lipinski definition) is 2. The average molecular weight is 354 g/mol. The van der Waals surface area contributed by atoms with Crippen LogP contribution in [0.1, 0.15) is 5.56 Å². The van der Waals surface area contributed by atoms with Crippen LogP contribution < -0.4 is 10.1 Å². The van der Waals surface area contributed by atoms with E-state index in [0.717, 1.165) is 11.1 Å². The molecule has 0 aliphatic rings. The summed E-state index contributed by atoms with van der Waals surface area (Å²) in [5.74, 6) is 1.39. The van der Waals surface area contributed by atoms with Crippen molar-refractivity contribution in [2.24, 2.45) is 0 Å². The van der Waals surface area contributed by atoms with Gasteiger partial charge >= 0.3 is 0 Å². The lowest BCUT2D eigenvalue weighted by atomic mass is 10.1. The number of thioether (sulfide) groups is 1. The van der Waals surface area contributed by atoms with Gasteiger partial charge in [-0.15, -0.1) is 5.10 Å². The zero-order valence-electron chi connectivity index (χ0n) is 13.9. The molecular formula is C18H18N4O2S. The number of para-hydroxylation sites is 2. The molecule has 0 bridgehead atoms. The first-order valence-electron chi connectivity index (χ1n) is 7.71. The zero-order valence-corrected chi connectivity index (χ0v) is 14.8. The Morgan fingerprint density at radius 2 is 2.08 bits per heavy atom. The molecule has 1 amide bonds. The van der Waals surface area contributed by atoms with Crippen molar-refractivity contribution in [3.05, 3.63) is 54.1 Å². The molecule has 0 unspecified atom stereocenters. The maximum atomic E-state index is 12.1. The Hall–Kier alpha value is -2.80. The van der Waals surface area contributed by atoms with E-state index in [2.05, 4.69) is 20.5 Å². The van der Waals surface area contributed by atoms with Gasteiger partial charge in [0.05, 0.1) is 18.6 Å². The van der Waals surface area contributed by atoms with Crippen molar-refractivity contribution < 1.29 is 9.53 Å². The van der Waals surface area contributed by atoms with Gasteiger partial charge < -0.3 is 10.1 Å². The maximum absolute atomic E-state index is 12.1. The number of ether oxygens (including phenoxy) is 1. The summed E-state index contributed by atoms with van der Waals surface area (Å²) in [4.78, 5) is 16.5. The van der Waals surface area contributed by atoms with Crippen molar-refractivity contribution >= 4 is 23.4 Å². The highest BCUT2D eigenvalue weighted by Gasteiger charge is 2.11. The first kappa shape index (κ1) is 17.0. The van der Waals surface area contributed by atoms with Crippen molar-refractivity contribution in [1.82, 2.24) is 15.2 Å². The third-order valence-electron chi connectivity index (χ3n) is 3.47. The Morgan fingerprint density at radius 1 is 1.24 bits per heavy atom. The van der Waals surface area contributed by atoms with E-state index in [0.29, 0.717) is 22.4 Å². The number of amides is 1. The number of anilines is 1. The van der Waals surface area contributed by atoms with E-state index in [4.69, 9.17) is 4.74 Å². The van der Waals surface area contributed by atoms with Gasteiger partial charge in [-0.2, -0.15) is 0 Å². The number of H-pyrrole nitrogens is 1. The Morgan fingerprint density at radius 3 is 2.88 bits per heavy atom. The molecule has 0 fully saturated rings. The molecule has 0 saturated carbocycles. The lowest BCUT2D eigenvalue weighted by Gasteiger charge is -2.08. The molecule has 3 aromatic rings. The van der Waals surface area contributed by atoms with Gasteiger partial charge in [-0.3, -0.25) is 9.89 Å². The summed E-state index contributed by atoms with van der Waals surface area (Å²) in [6.07, 6.45) is 0. The van der Waals surface area contributed by atoms with E-state index in [-0.39, 0.29) is 11.7 Å². The van der Waals surface area contributed by atoms with Crippen LogP contribution in [0, 0.1) is 6.92 Å². The summed E-state index contributed by atoms with van der Waals surface area (Å²) in [7, 11) is 1.57. The average Bonchev–Trinajstić information content (AvgIpc) is 3.09. The molecule has 7 heteroatoms. The summed E-state index contributed by atoms with van der Waals surface area (Å²) in [6.45, 7) is 2.03. The van der Waals surface area contributed by atoms with Gasteiger partial charge in [-0.1, -0.05) is 47.7 Å². The maximum Gasteiger partial charge on any atom is 0.234 e. The van der Waals surface area contributed by atoms with Gasteiger partial charge in [0.15, 0.2) is 5.82 Å². The Labute approximate surface area is 150 Å². The minimum Gasteiger partial charge on any atom is -0.495 e. The number of nitrogens with one attached hydrogen (secondary N) is 2. The molecule has 128 valence electrons. The molecule has 2 aromatic carbocycles. The first-order chi connectivity index (χ1) is 12.2. The van der Waals surface area contributed by atoms with Crippen LogP contribution in [-0.4, -0.2) is 34.0 Å². The van der Waals surface area contributed by atoms with Crippen molar-refractivity contribution in [3.63, 3.8) is 0 Å². The summed E-state index contributed by atoms with van der Waals surface area (Å²) >= 11 is 1.27. The van der Waals surface area contributed by atoms with E-state index < -0.39 is 0 Å². The summed E-state index contributed by atoms with van der Waals surface area (Å²) in [5.41, 5.74) is 2.77. The molecule has 0 aliphatic heterocycles. The quantitative estimate of drug-likeness (QED) is 0.662. The van der Waals surface area contributed by atoms with Crippen LogP contribution in [0.15, 0.2) is 53.7 Å². The van der Waals surface area contributed by atoms with Gasteiger partial charge in [0.25, 0.3) is 0 Å². The van der Waals surface area contributed by atoms with Crippen LogP contribution in [0.25, 0.3) is 11.4 Å². The smallest absolute Gasteiger partial charge is 0.234 e. The topological polar surface area (TPSA) is 79.9 Å². The molecule has 0 aliphatic carbocycles. The number of carbonyl (C=O) groups excluding carboxylic acids is 1. The highest BCUT2D eigenvalue weighted by Crippen LogP contribution is 2.24. The third-order valence-corrected chi connectivity index (χ3v) is 4.32. The van der Waals surface area contributed by atoms with Crippen molar-refractivity contribution in [2.75, 3.05) is 18.2 Å². The van der Waals surface area contributed by atoms with Crippen LogP contribution in [0.2, 0.25) is 0 Å². The third kappa shape index (κ3) is 4.39. The molecule has 6 nitrogen and oxygen atoms in total. The fourth-order valence-corrected chi connectivity index (χ4v) is 2.90. The van der Waals surface area contributed by atoms with Crippen molar-refractivity contribution in [3.8, 4) is 17.1 Å². The SMILES string of the molecule is COc1ccccc1NC(=O)CSc1n[nH]c(-c2cccc(C)c2)n1. The first-order valence-corrected chi connectivity index (χ1v) is 8.69. The number of rotatable bonds is 6. The molecule has 0 atom stereocenters. The second kappa shape index (κ2) is 7.85.